The molecule has 0 saturated carbocycles. The third-order valence-corrected chi connectivity index (χ3v) is 1.45. The van der Waals surface area contributed by atoms with E-state index in [1.807, 2.05) is 33.8 Å². The highest BCUT2D eigenvalue weighted by Crippen LogP contribution is 2.05. The molecule has 0 aromatic rings. The predicted molar refractivity (Wildman–Crippen MR) is 49.4 cm³/mol. The van der Waals surface area contributed by atoms with Crippen molar-refractivity contribution in [3.8, 4) is 6.07 Å². The molecule has 0 rings (SSSR count). The Morgan fingerprint density at radius 2 is 1.77 bits per heavy atom. The molecule has 0 heterocycles. The summed E-state index contributed by atoms with van der Waals surface area (Å²) >= 11 is 0. The SMILES string of the molecule is CC(C)N(OOCCC#N)C(C)C. The first-order chi connectivity index (χ1) is 6.09. The van der Waals surface area contributed by atoms with Crippen molar-refractivity contribution < 1.29 is 9.88 Å². The number of nitrogens with zero attached hydrogens (tertiary/aromatic N) is 2. The Balaban J connectivity index is 3.65. The number of hydrogen-bond acceptors (Lipinski definition) is 4. The largest absolute Gasteiger partial charge is 0.217 e. The van der Waals surface area contributed by atoms with Crippen LogP contribution in [0.25, 0.3) is 0 Å². The van der Waals surface area contributed by atoms with Crippen molar-refractivity contribution in [2.75, 3.05) is 6.61 Å². The maximum absolute atomic E-state index is 8.25. The van der Waals surface area contributed by atoms with Crippen LogP contribution in [0.4, 0.5) is 0 Å². The van der Waals surface area contributed by atoms with E-state index in [4.69, 9.17) is 15.1 Å². The lowest BCUT2D eigenvalue weighted by molar-refractivity contribution is -0.442. The van der Waals surface area contributed by atoms with Crippen LogP contribution in [-0.4, -0.2) is 23.8 Å². The van der Waals surface area contributed by atoms with E-state index < -0.39 is 0 Å². The number of nitriles is 1. The van der Waals surface area contributed by atoms with E-state index in [-0.39, 0.29) is 12.1 Å². The van der Waals surface area contributed by atoms with Crippen LogP contribution in [0.3, 0.4) is 0 Å². The molecule has 0 aliphatic heterocycles. The van der Waals surface area contributed by atoms with Gasteiger partial charge in [-0.3, -0.25) is 0 Å². The van der Waals surface area contributed by atoms with E-state index in [0.717, 1.165) is 0 Å². The minimum atomic E-state index is 0.266. The van der Waals surface area contributed by atoms with E-state index in [9.17, 15) is 0 Å². The lowest BCUT2D eigenvalue weighted by Crippen LogP contribution is -2.37. The van der Waals surface area contributed by atoms with Gasteiger partial charge in [-0.1, -0.05) is 0 Å². The van der Waals surface area contributed by atoms with Crippen molar-refractivity contribution in [3.63, 3.8) is 0 Å². The van der Waals surface area contributed by atoms with Gasteiger partial charge in [0.05, 0.1) is 19.1 Å². The van der Waals surface area contributed by atoms with Crippen molar-refractivity contribution in [1.82, 2.24) is 5.06 Å². The van der Waals surface area contributed by atoms with Gasteiger partial charge in [0.25, 0.3) is 0 Å². The van der Waals surface area contributed by atoms with E-state index in [0.29, 0.717) is 13.0 Å². The highest BCUT2D eigenvalue weighted by Gasteiger charge is 2.14. The fraction of sp³-hybridized carbons (Fsp3) is 0.889. The Hall–Kier alpha value is -0.630. The quantitative estimate of drug-likeness (QED) is 0.361. The first-order valence-electron chi connectivity index (χ1n) is 4.54. The molecule has 0 aromatic heterocycles. The van der Waals surface area contributed by atoms with Gasteiger partial charge in [0.1, 0.15) is 0 Å². The van der Waals surface area contributed by atoms with Gasteiger partial charge in [-0.15, -0.1) is 4.99 Å². The summed E-state index contributed by atoms with van der Waals surface area (Å²) in [4.78, 5) is 9.91. The smallest absolute Gasteiger partial charge is 0.0972 e. The van der Waals surface area contributed by atoms with Gasteiger partial charge in [-0.25, -0.2) is 4.89 Å². The lowest BCUT2D eigenvalue weighted by atomic mass is 10.3. The molecule has 4 nitrogen and oxygen atoms in total. The van der Waals surface area contributed by atoms with Gasteiger partial charge in [0, 0.05) is 12.1 Å². The Morgan fingerprint density at radius 1 is 1.23 bits per heavy atom. The first kappa shape index (κ1) is 12.4. The van der Waals surface area contributed by atoms with E-state index in [1.54, 1.807) is 5.06 Å². The molecule has 0 aliphatic rings. The molecule has 0 atom stereocenters. The molecule has 0 unspecified atom stereocenters. The summed E-state index contributed by atoms with van der Waals surface area (Å²) in [6.45, 7) is 8.40. The predicted octanol–water partition coefficient (Wildman–Crippen LogP) is 1.88. The molecule has 0 aliphatic carbocycles. The van der Waals surface area contributed by atoms with Crippen LogP contribution in [0.1, 0.15) is 34.1 Å². The van der Waals surface area contributed by atoms with Crippen LogP contribution in [0.5, 0.6) is 0 Å². The molecule has 76 valence electrons. The summed E-state index contributed by atoms with van der Waals surface area (Å²) in [6.07, 6.45) is 0.351. The van der Waals surface area contributed by atoms with Crippen LogP contribution in [-0.2, 0) is 9.88 Å². The lowest BCUT2D eigenvalue weighted by Gasteiger charge is -2.27. The van der Waals surface area contributed by atoms with Crippen molar-refractivity contribution in [2.24, 2.45) is 0 Å². The van der Waals surface area contributed by atoms with Gasteiger partial charge >= 0.3 is 0 Å². The van der Waals surface area contributed by atoms with E-state index in [2.05, 4.69) is 0 Å². The monoisotopic (exact) mass is 186 g/mol. The van der Waals surface area contributed by atoms with Crippen LogP contribution in [0.2, 0.25) is 0 Å². The molecule has 0 amide bonds. The highest BCUT2D eigenvalue weighted by atomic mass is 17.3. The Labute approximate surface area is 79.9 Å². The van der Waals surface area contributed by atoms with Crippen LogP contribution in [0.15, 0.2) is 0 Å². The van der Waals surface area contributed by atoms with Crippen LogP contribution < -0.4 is 0 Å². The summed E-state index contributed by atoms with van der Waals surface area (Å²) < 4.78 is 0. The summed E-state index contributed by atoms with van der Waals surface area (Å²) in [5.41, 5.74) is 0. The second-order valence-corrected chi connectivity index (χ2v) is 3.35. The molecule has 0 radical (unpaired) electrons. The minimum absolute atomic E-state index is 0.266. The van der Waals surface area contributed by atoms with E-state index in [1.165, 1.54) is 0 Å². The molecule has 13 heavy (non-hydrogen) atoms. The van der Waals surface area contributed by atoms with Crippen LogP contribution >= 0.6 is 0 Å². The zero-order valence-corrected chi connectivity index (χ0v) is 8.78. The van der Waals surface area contributed by atoms with Gasteiger partial charge < -0.3 is 0 Å². The summed E-state index contributed by atoms with van der Waals surface area (Å²) in [7, 11) is 0. The first-order valence-corrected chi connectivity index (χ1v) is 4.54. The van der Waals surface area contributed by atoms with Gasteiger partial charge in [0.15, 0.2) is 0 Å². The normalized spacial score (nSPS) is 11.2. The maximum atomic E-state index is 8.25. The van der Waals surface area contributed by atoms with Gasteiger partial charge in [-0.2, -0.15) is 10.3 Å². The molecule has 0 spiro atoms. The molecule has 0 bridgehead atoms. The molecule has 0 aromatic carbocycles. The third-order valence-electron chi connectivity index (χ3n) is 1.45. The molecule has 0 fully saturated rings. The highest BCUT2D eigenvalue weighted by molar-refractivity contribution is 4.66. The van der Waals surface area contributed by atoms with Crippen molar-refractivity contribution >= 4 is 0 Å². The topological polar surface area (TPSA) is 45.5 Å². The van der Waals surface area contributed by atoms with Gasteiger partial charge in [0.2, 0.25) is 0 Å². The van der Waals surface area contributed by atoms with E-state index >= 15 is 0 Å². The Kier molecular flexibility index (Phi) is 6.51. The Bertz CT molecular complexity index is 155. The van der Waals surface area contributed by atoms with Crippen molar-refractivity contribution in [3.05, 3.63) is 0 Å². The molecular weight excluding hydrogens is 168 g/mol. The maximum Gasteiger partial charge on any atom is 0.0972 e. The van der Waals surface area contributed by atoms with Gasteiger partial charge in [-0.05, 0) is 27.7 Å². The standard InChI is InChI=1S/C9H18N2O2/c1-8(2)11(9(3)4)13-12-7-5-6-10/h8-9H,5,7H2,1-4H3. The second-order valence-electron chi connectivity index (χ2n) is 3.35. The zero-order valence-electron chi connectivity index (χ0n) is 8.78. The molecular formula is C9H18N2O2. The molecule has 0 saturated heterocycles. The second kappa shape index (κ2) is 6.84. The van der Waals surface area contributed by atoms with Crippen molar-refractivity contribution in [2.45, 2.75) is 46.2 Å². The fourth-order valence-corrected chi connectivity index (χ4v) is 0.954. The number of rotatable bonds is 6. The van der Waals surface area contributed by atoms with Crippen LogP contribution in [0, 0.1) is 11.3 Å². The average Bonchev–Trinajstić information content (AvgIpc) is 2.02. The summed E-state index contributed by atoms with van der Waals surface area (Å²) in [6, 6.07) is 2.51. The Morgan fingerprint density at radius 3 is 2.15 bits per heavy atom. The van der Waals surface area contributed by atoms with Crippen molar-refractivity contribution in [1.29, 1.82) is 5.26 Å². The summed E-state index contributed by atoms with van der Waals surface area (Å²) in [5, 5.41) is 10.00. The number of hydrogen-bond donors (Lipinski definition) is 0. The summed E-state index contributed by atoms with van der Waals surface area (Å²) in [5.74, 6) is 0. The minimum Gasteiger partial charge on any atom is -0.217 e. The number of hydroxylamine groups is 2. The average molecular weight is 186 g/mol. The fourth-order valence-electron chi connectivity index (χ4n) is 0.954. The third kappa shape index (κ3) is 5.58. The zero-order chi connectivity index (χ0) is 10.3. The molecule has 0 N–H and O–H groups in total. The molecule has 4 heteroatoms.